The normalized spacial score (nSPS) is 18.4. The Morgan fingerprint density at radius 1 is 1.41 bits per heavy atom. The molecule has 1 atom stereocenters. The van der Waals surface area contributed by atoms with E-state index >= 15 is 0 Å². The van der Waals surface area contributed by atoms with Crippen LogP contribution in [0.15, 0.2) is 18.2 Å². The van der Waals surface area contributed by atoms with Gasteiger partial charge >= 0.3 is 12.5 Å². The van der Waals surface area contributed by atoms with E-state index in [1.54, 1.807) is 0 Å². The van der Waals surface area contributed by atoms with E-state index in [2.05, 4.69) is 4.74 Å². The van der Waals surface area contributed by atoms with Crippen molar-refractivity contribution in [3.05, 3.63) is 23.8 Å². The Morgan fingerprint density at radius 2 is 2.14 bits per heavy atom. The summed E-state index contributed by atoms with van der Waals surface area (Å²) in [5.41, 5.74) is 0.135. The zero-order valence-electron chi connectivity index (χ0n) is 11.3. The molecule has 1 saturated heterocycles. The van der Waals surface area contributed by atoms with Crippen molar-refractivity contribution < 1.29 is 37.7 Å². The minimum Gasteiger partial charge on any atom is -0.488 e. The van der Waals surface area contributed by atoms with Gasteiger partial charge in [0.2, 0.25) is 0 Å². The van der Waals surface area contributed by atoms with E-state index in [0.29, 0.717) is 13.0 Å². The maximum atomic E-state index is 12.1. The molecule has 1 fully saturated rings. The van der Waals surface area contributed by atoms with Gasteiger partial charge in [-0.05, 0) is 18.2 Å². The Bertz CT molecular complexity index is 549. The minimum atomic E-state index is -4.82. The lowest BCUT2D eigenvalue weighted by molar-refractivity contribution is -0.274. The number of hydrogen-bond acceptors (Lipinski definition) is 4. The van der Waals surface area contributed by atoms with Crippen LogP contribution in [-0.2, 0) is 6.61 Å². The maximum absolute atomic E-state index is 12.1. The van der Waals surface area contributed by atoms with Crippen molar-refractivity contribution in [2.24, 2.45) is 0 Å². The molecule has 0 radical (unpaired) electrons. The number of alkyl halides is 3. The van der Waals surface area contributed by atoms with Gasteiger partial charge in [0.05, 0.1) is 13.2 Å². The minimum absolute atomic E-state index is 0.135. The second kappa shape index (κ2) is 6.30. The number of aliphatic hydroxyl groups is 1. The smallest absolute Gasteiger partial charge is 0.488 e. The van der Waals surface area contributed by atoms with Gasteiger partial charge in [0.25, 0.3) is 0 Å². The fraction of sp³-hybridized carbons (Fsp3) is 0.462. The van der Waals surface area contributed by atoms with Crippen molar-refractivity contribution in [2.45, 2.75) is 25.5 Å². The van der Waals surface area contributed by atoms with Gasteiger partial charge in [0, 0.05) is 18.5 Å². The first-order chi connectivity index (χ1) is 10.3. The van der Waals surface area contributed by atoms with Crippen molar-refractivity contribution in [2.75, 3.05) is 13.1 Å². The summed E-state index contributed by atoms with van der Waals surface area (Å²) in [4.78, 5) is 12.0. The van der Waals surface area contributed by atoms with E-state index in [9.17, 15) is 23.1 Å². The number of carboxylic acid groups (broad SMARTS) is 1. The quantitative estimate of drug-likeness (QED) is 0.889. The van der Waals surface area contributed by atoms with Crippen LogP contribution in [0.2, 0.25) is 0 Å². The Kier molecular flexibility index (Phi) is 4.65. The number of hydrogen-bond donors (Lipinski definition) is 2. The average molecular weight is 321 g/mol. The highest BCUT2D eigenvalue weighted by Crippen LogP contribution is 2.30. The van der Waals surface area contributed by atoms with Gasteiger partial charge in [-0.3, -0.25) is 0 Å². The molecule has 0 spiro atoms. The first kappa shape index (κ1) is 16.2. The van der Waals surface area contributed by atoms with E-state index in [4.69, 9.17) is 9.84 Å². The number of amides is 1. The van der Waals surface area contributed by atoms with Crippen molar-refractivity contribution >= 4 is 6.09 Å². The van der Waals surface area contributed by atoms with Gasteiger partial charge in [-0.15, -0.1) is 13.2 Å². The second-order valence-corrected chi connectivity index (χ2v) is 4.73. The van der Waals surface area contributed by atoms with Gasteiger partial charge in [-0.25, -0.2) is 4.79 Å². The molecular weight excluding hydrogens is 307 g/mol. The summed E-state index contributed by atoms with van der Waals surface area (Å²) in [5, 5.41) is 18.1. The van der Waals surface area contributed by atoms with Gasteiger partial charge in [-0.2, -0.15) is 0 Å². The molecule has 1 unspecified atom stereocenters. The number of rotatable bonds is 4. The Labute approximate surface area is 123 Å². The van der Waals surface area contributed by atoms with Crippen LogP contribution >= 0.6 is 0 Å². The molecule has 9 heteroatoms. The van der Waals surface area contributed by atoms with Crippen LogP contribution in [0.1, 0.15) is 12.0 Å². The lowest BCUT2D eigenvalue weighted by Gasteiger charge is -2.17. The predicted octanol–water partition coefficient (Wildman–Crippen LogP) is 2.21. The van der Waals surface area contributed by atoms with E-state index in [1.807, 2.05) is 0 Å². The highest BCUT2D eigenvalue weighted by Gasteiger charge is 2.32. The van der Waals surface area contributed by atoms with Crippen LogP contribution in [-0.4, -0.2) is 46.8 Å². The maximum Gasteiger partial charge on any atom is 0.573 e. The van der Waals surface area contributed by atoms with Gasteiger partial charge in [0.1, 0.15) is 17.6 Å². The molecule has 22 heavy (non-hydrogen) atoms. The summed E-state index contributed by atoms with van der Waals surface area (Å²) >= 11 is 0. The molecule has 2 rings (SSSR count). The fourth-order valence-corrected chi connectivity index (χ4v) is 2.17. The summed E-state index contributed by atoms with van der Waals surface area (Å²) < 4.78 is 45.8. The first-order valence-electron chi connectivity index (χ1n) is 6.42. The van der Waals surface area contributed by atoms with Crippen LogP contribution < -0.4 is 9.47 Å². The molecule has 0 aromatic heterocycles. The molecular formula is C13H14F3NO5. The van der Waals surface area contributed by atoms with Crippen LogP contribution in [0.5, 0.6) is 11.5 Å². The Balaban J connectivity index is 2.07. The lowest BCUT2D eigenvalue weighted by Crippen LogP contribution is -2.29. The van der Waals surface area contributed by atoms with Gasteiger partial charge < -0.3 is 24.6 Å². The molecule has 1 aliphatic heterocycles. The fourth-order valence-electron chi connectivity index (χ4n) is 2.17. The van der Waals surface area contributed by atoms with E-state index in [-0.39, 0.29) is 17.9 Å². The number of ether oxygens (including phenoxy) is 2. The summed E-state index contributed by atoms with van der Waals surface area (Å²) in [7, 11) is 0. The molecule has 1 aromatic rings. The van der Waals surface area contributed by atoms with Gasteiger partial charge in [0.15, 0.2) is 0 Å². The molecule has 1 heterocycles. The number of likely N-dealkylation sites (tertiary alicyclic amines) is 1. The largest absolute Gasteiger partial charge is 0.573 e. The summed E-state index contributed by atoms with van der Waals surface area (Å²) in [6, 6.07) is 3.37. The third-order valence-corrected chi connectivity index (χ3v) is 3.15. The van der Waals surface area contributed by atoms with Crippen LogP contribution in [0.3, 0.4) is 0 Å². The number of benzene rings is 1. The molecule has 122 valence electrons. The molecule has 6 nitrogen and oxygen atoms in total. The SMILES string of the molecule is O=C(O)N1CCC(Oc2ccc(OC(F)(F)F)cc2CO)C1. The van der Waals surface area contributed by atoms with Crippen LogP contribution in [0.4, 0.5) is 18.0 Å². The molecule has 2 N–H and O–H groups in total. The summed E-state index contributed by atoms with van der Waals surface area (Å²) in [6.07, 6.45) is -5.81. The second-order valence-electron chi connectivity index (χ2n) is 4.73. The molecule has 0 saturated carbocycles. The van der Waals surface area contributed by atoms with Crippen LogP contribution in [0, 0.1) is 0 Å². The van der Waals surface area contributed by atoms with E-state index in [1.165, 1.54) is 11.0 Å². The third kappa shape index (κ3) is 4.17. The number of halogens is 3. The van der Waals surface area contributed by atoms with Crippen molar-refractivity contribution in [1.29, 1.82) is 0 Å². The Morgan fingerprint density at radius 3 is 2.68 bits per heavy atom. The molecule has 1 aliphatic rings. The van der Waals surface area contributed by atoms with Crippen molar-refractivity contribution in [3.63, 3.8) is 0 Å². The zero-order valence-corrected chi connectivity index (χ0v) is 11.3. The standard InChI is InChI=1S/C13H14F3NO5/c14-13(15,16)22-9-1-2-11(8(5-9)7-18)21-10-3-4-17(6-10)12(19)20/h1-2,5,10,18H,3-4,6-7H2,(H,19,20). The molecule has 0 bridgehead atoms. The topological polar surface area (TPSA) is 79.2 Å². The molecule has 1 aromatic carbocycles. The number of aliphatic hydroxyl groups excluding tert-OH is 1. The lowest BCUT2D eigenvalue weighted by atomic mass is 10.2. The highest BCUT2D eigenvalue weighted by atomic mass is 19.4. The van der Waals surface area contributed by atoms with Crippen LogP contribution in [0.25, 0.3) is 0 Å². The third-order valence-electron chi connectivity index (χ3n) is 3.15. The first-order valence-corrected chi connectivity index (χ1v) is 6.42. The van der Waals surface area contributed by atoms with Crippen molar-refractivity contribution in [3.8, 4) is 11.5 Å². The zero-order chi connectivity index (χ0) is 16.3. The molecule has 0 aliphatic carbocycles. The molecule has 1 amide bonds. The summed E-state index contributed by atoms with van der Waals surface area (Å²) in [6.45, 7) is -0.0372. The number of carbonyl (C=O) groups is 1. The average Bonchev–Trinajstić information content (AvgIpc) is 2.87. The summed E-state index contributed by atoms with van der Waals surface area (Å²) in [5.74, 6) is -0.253. The van der Waals surface area contributed by atoms with E-state index < -0.39 is 30.9 Å². The Hall–Kier alpha value is -2.16. The highest BCUT2D eigenvalue weighted by molar-refractivity contribution is 5.65. The van der Waals surface area contributed by atoms with Crippen molar-refractivity contribution in [1.82, 2.24) is 4.90 Å². The van der Waals surface area contributed by atoms with Gasteiger partial charge in [-0.1, -0.05) is 0 Å². The number of nitrogens with zero attached hydrogens (tertiary/aromatic N) is 1. The van der Waals surface area contributed by atoms with E-state index in [0.717, 1.165) is 12.1 Å². The predicted molar refractivity (Wildman–Crippen MR) is 67.7 cm³/mol. The monoisotopic (exact) mass is 321 g/mol.